The number of unbranched alkanes of at least 4 members (excludes halogenated alkanes) is 1. The summed E-state index contributed by atoms with van der Waals surface area (Å²) in [5.41, 5.74) is 6.37. The molecule has 17 heavy (non-hydrogen) atoms. The molecular formula is C12H16N2O2S. The Bertz CT molecular complexity index is 465. The van der Waals surface area contributed by atoms with Gasteiger partial charge < -0.3 is 15.3 Å². The second-order valence-electron chi connectivity index (χ2n) is 3.90. The fourth-order valence-electron chi connectivity index (χ4n) is 1.69. The Balaban J connectivity index is 2.27. The first-order chi connectivity index (χ1) is 8.22. The van der Waals surface area contributed by atoms with E-state index >= 15 is 0 Å². The number of rotatable bonds is 5. The number of hydrogen-bond acceptors (Lipinski definition) is 5. The molecule has 0 saturated heterocycles. The zero-order valence-corrected chi connectivity index (χ0v) is 10.5. The number of aliphatic hydroxyl groups is 1. The standard InChI is InChI=1S/C12H16N2O2S/c1-2-3-5-8(15)11-10(14-12(13)17-11)9-6-4-7-16-9/h4,6-8,15H,2-3,5H2,1H3,(H2,13,14). The lowest BCUT2D eigenvalue weighted by Gasteiger charge is -2.08. The number of aromatic nitrogens is 1. The van der Waals surface area contributed by atoms with Gasteiger partial charge in [-0.05, 0) is 18.6 Å². The lowest BCUT2D eigenvalue weighted by molar-refractivity contribution is 0.168. The van der Waals surface area contributed by atoms with E-state index < -0.39 is 6.10 Å². The molecule has 0 aliphatic heterocycles. The Morgan fingerprint density at radius 1 is 1.59 bits per heavy atom. The summed E-state index contributed by atoms with van der Waals surface area (Å²) < 4.78 is 5.31. The van der Waals surface area contributed by atoms with Crippen molar-refractivity contribution in [3.63, 3.8) is 0 Å². The average molecular weight is 252 g/mol. The quantitative estimate of drug-likeness (QED) is 0.857. The molecule has 0 saturated carbocycles. The topological polar surface area (TPSA) is 72.3 Å². The molecule has 3 N–H and O–H groups in total. The van der Waals surface area contributed by atoms with Gasteiger partial charge in [-0.1, -0.05) is 31.1 Å². The van der Waals surface area contributed by atoms with Crippen molar-refractivity contribution < 1.29 is 9.52 Å². The highest BCUT2D eigenvalue weighted by molar-refractivity contribution is 7.15. The van der Waals surface area contributed by atoms with Crippen LogP contribution in [-0.2, 0) is 0 Å². The molecule has 4 nitrogen and oxygen atoms in total. The van der Waals surface area contributed by atoms with Crippen molar-refractivity contribution in [3.05, 3.63) is 23.3 Å². The number of nitrogens with zero attached hydrogens (tertiary/aromatic N) is 1. The van der Waals surface area contributed by atoms with Crippen molar-refractivity contribution in [2.45, 2.75) is 32.3 Å². The van der Waals surface area contributed by atoms with Gasteiger partial charge in [0.25, 0.3) is 0 Å². The molecule has 0 fully saturated rings. The highest BCUT2D eigenvalue weighted by Gasteiger charge is 2.20. The first kappa shape index (κ1) is 12.1. The fourth-order valence-corrected chi connectivity index (χ4v) is 2.55. The molecule has 2 aromatic rings. The zero-order valence-electron chi connectivity index (χ0n) is 9.72. The molecular weight excluding hydrogens is 236 g/mol. The molecule has 0 bridgehead atoms. The van der Waals surface area contributed by atoms with Crippen LogP contribution in [0.2, 0.25) is 0 Å². The summed E-state index contributed by atoms with van der Waals surface area (Å²) in [7, 11) is 0. The van der Waals surface area contributed by atoms with Crippen LogP contribution in [0.1, 0.15) is 37.2 Å². The summed E-state index contributed by atoms with van der Waals surface area (Å²) in [6.07, 6.45) is 3.85. The van der Waals surface area contributed by atoms with E-state index in [1.807, 2.05) is 6.07 Å². The van der Waals surface area contributed by atoms with Crippen molar-refractivity contribution in [2.75, 3.05) is 5.73 Å². The molecule has 2 aromatic heterocycles. The van der Waals surface area contributed by atoms with Gasteiger partial charge in [-0.25, -0.2) is 4.98 Å². The van der Waals surface area contributed by atoms with Crippen LogP contribution in [0.25, 0.3) is 11.5 Å². The van der Waals surface area contributed by atoms with Gasteiger partial charge in [0.2, 0.25) is 0 Å². The van der Waals surface area contributed by atoms with Gasteiger partial charge in [-0.2, -0.15) is 0 Å². The van der Waals surface area contributed by atoms with Gasteiger partial charge in [0.1, 0.15) is 5.69 Å². The second kappa shape index (κ2) is 5.33. The molecule has 0 aromatic carbocycles. The van der Waals surface area contributed by atoms with Gasteiger partial charge >= 0.3 is 0 Å². The van der Waals surface area contributed by atoms with Gasteiger partial charge in [0.05, 0.1) is 17.2 Å². The van der Waals surface area contributed by atoms with Crippen LogP contribution in [0, 0.1) is 0 Å². The predicted molar refractivity (Wildman–Crippen MR) is 68.7 cm³/mol. The Hall–Kier alpha value is -1.33. The van der Waals surface area contributed by atoms with Crippen molar-refractivity contribution in [1.29, 1.82) is 0 Å². The minimum absolute atomic E-state index is 0.460. The van der Waals surface area contributed by atoms with E-state index in [-0.39, 0.29) is 0 Å². The highest BCUT2D eigenvalue weighted by Crippen LogP contribution is 2.36. The number of nitrogens with two attached hydrogens (primary N) is 1. The van der Waals surface area contributed by atoms with Crippen LogP contribution in [-0.4, -0.2) is 10.1 Å². The van der Waals surface area contributed by atoms with Crippen LogP contribution in [0.5, 0.6) is 0 Å². The van der Waals surface area contributed by atoms with Crippen LogP contribution in [0.3, 0.4) is 0 Å². The maximum atomic E-state index is 10.1. The number of anilines is 1. The first-order valence-electron chi connectivity index (χ1n) is 5.70. The lowest BCUT2D eigenvalue weighted by Crippen LogP contribution is -1.96. The van der Waals surface area contributed by atoms with Gasteiger partial charge in [0.15, 0.2) is 10.9 Å². The molecule has 0 amide bonds. The van der Waals surface area contributed by atoms with Crippen LogP contribution in [0.15, 0.2) is 22.8 Å². The van der Waals surface area contributed by atoms with Crippen molar-refractivity contribution in [3.8, 4) is 11.5 Å². The van der Waals surface area contributed by atoms with Crippen LogP contribution < -0.4 is 5.73 Å². The van der Waals surface area contributed by atoms with Crippen molar-refractivity contribution in [2.24, 2.45) is 0 Å². The summed E-state index contributed by atoms with van der Waals surface area (Å²) >= 11 is 1.33. The molecule has 92 valence electrons. The molecule has 0 aliphatic carbocycles. The molecule has 1 unspecified atom stereocenters. The first-order valence-corrected chi connectivity index (χ1v) is 6.52. The van der Waals surface area contributed by atoms with E-state index in [0.29, 0.717) is 16.6 Å². The molecule has 0 spiro atoms. The lowest BCUT2D eigenvalue weighted by atomic mass is 10.1. The third-order valence-corrected chi connectivity index (χ3v) is 3.54. The molecule has 1 atom stereocenters. The third kappa shape index (κ3) is 2.68. The van der Waals surface area contributed by atoms with E-state index in [0.717, 1.165) is 24.1 Å². The molecule has 0 radical (unpaired) electrons. The number of furan rings is 1. The van der Waals surface area contributed by atoms with Crippen molar-refractivity contribution >= 4 is 16.5 Å². The van der Waals surface area contributed by atoms with Crippen molar-refractivity contribution in [1.82, 2.24) is 4.98 Å². The summed E-state index contributed by atoms with van der Waals surface area (Å²) in [5.74, 6) is 0.656. The second-order valence-corrected chi connectivity index (χ2v) is 4.96. The van der Waals surface area contributed by atoms with E-state index in [1.54, 1.807) is 12.3 Å². The summed E-state index contributed by atoms with van der Waals surface area (Å²) in [4.78, 5) is 5.02. The minimum Gasteiger partial charge on any atom is -0.463 e. The van der Waals surface area contributed by atoms with E-state index in [9.17, 15) is 5.11 Å². The Morgan fingerprint density at radius 2 is 2.41 bits per heavy atom. The maximum Gasteiger partial charge on any atom is 0.181 e. The fraction of sp³-hybridized carbons (Fsp3) is 0.417. The average Bonchev–Trinajstić information content (AvgIpc) is 2.93. The Labute approximate surface area is 104 Å². The molecule has 2 rings (SSSR count). The third-order valence-electron chi connectivity index (χ3n) is 2.56. The van der Waals surface area contributed by atoms with E-state index in [1.165, 1.54) is 11.3 Å². The van der Waals surface area contributed by atoms with E-state index in [4.69, 9.17) is 10.2 Å². The Morgan fingerprint density at radius 3 is 3.06 bits per heavy atom. The minimum atomic E-state index is -0.509. The SMILES string of the molecule is CCCCC(O)c1sc(N)nc1-c1ccco1. The monoisotopic (exact) mass is 252 g/mol. The molecule has 5 heteroatoms. The smallest absolute Gasteiger partial charge is 0.181 e. The van der Waals surface area contributed by atoms with Crippen LogP contribution in [0.4, 0.5) is 5.13 Å². The molecule has 0 aliphatic rings. The number of nitrogen functional groups attached to an aromatic ring is 1. The van der Waals surface area contributed by atoms with Gasteiger partial charge in [-0.3, -0.25) is 0 Å². The molecule has 2 heterocycles. The summed E-state index contributed by atoms with van der Waals surface area (Å²) in [5, 5.41) is 10.6. The normalized spacial score (nSPS) is 12.8. The van der Waals surface area contributed by atoms with Gasteiger partial charge in [0, 0.05) is 0 Å². The van der Waals surface area contributed by atoms with Crippen LogP contribution >= 0.6 is 11.3 Å². The maximum absolute atomic E-state index is 10.1. The summed E-state index contributed by atoms with van der Waals surface area (Å²) in [6, 6.07) is 3.62. The predicted octanol–water partition coefficient (Wildman–Crippen LogP) is 3.21. The largest absolute Gasteiger partial charge is 0.463 e. The highest BCUT2D eigenvalue weighted by atomic mass is 32.1. The number of thiazole rings is 1. The number of hydrogen-bond donors (Lipinski definition) is 2. The Kier molecular flexibility index (Phi) is 3.81. The van der Waals surface area contributed by atoms with Gasteiger partial charge in [-0.15, -0.1) is 0 Å². The van der Waals surface area contributed by atoms with E-state index in [2.05, 4.69) is 11.9 Å². The summed E-state index contributed by atoms with van der Waals surface area (Å²) in [6.45, 7) is 2.10. The zero-order chi connectivity index (χ0) is 12.3. The number of aliphatic hydroxyl groups excluding tert-OH is 1.